The van der Waals surface area contributed by atoms with Gasteiger partial charge in [0.25, 0.3) is 0 Å². The van der Waals surface area contributed by atoms with Crippen LogP contribution in [0.1, 0.15) is 15.2 Å². The van der Waals surface area contributed by atoms with E-state index in [0.29, 0.717) is 4.88 Å². The molecule has 1 saturated heterocycles. The molecule has 5 nitrogen and oxygen atoms in total. The van der Waals surface area contributed by atoms with E-state index in [-0.39, 0.29) is 12.6 Å². The van der Waals surface area contributed by atoms with Gasteiger partial charge in [0.05, 0.1) is 13.7 Å². The Morgan fingerprint density at radius 2 is 2.05 bits per heavy atom. The summed E-state index contributed by atoms with van der Waals surface area (Å²) in [5.74, 6) is -0.246. The van der Waals surface area contributed by atoms with E-state index in [2.05, 4.69) is 9.80 Å². The van der Waals surface area contributed by atoms with Gasteiger partial charge in [-0.25, -0.2) is 4.79 Å². The molecule has 1 fully saturated rings. The van der Waals surface area contributed by atoms with Gasteiger partial charge in [0.2, 0.25) is 0 Å². The standard InChI is InChI=1S/C13H20N2O3S/c1-18-13(17)12-11(2-9-19-12)10-15-5-3-14(4-6-15)7-8-16/h2,9,16H,3-8,10H2,1H3. The third kappa shape index (κ3) is 3.76. The number of nitrogens with zero attached hydrogens (tertiary/aromatic N) is 2. The predicted molar refractivity (Wildman–Crippen MR) is 74.5 cm³/mol. The fourth-order valence-corrected chi connectivity index (χ4v) is 3.12. The summed E-state index contributed by atoms with van der Waals surface area (Å²) in [7, 11) is 1.42. The monoisotopic (exact) mass is 284 g/mol. The van der Waals surface area contributed by atoms with Crippen LogP contribution in [-0.4, -0.2) is 67.3 Å². The van der Waals surface area contributed by atoms with Gasteiger partial charge >= 0.3 is 5.97 Å². The second kappa shape index (κ2) is 7.00. The van der Waals surface area contributed by atoms with Crippen LogP contribution in [-0.2, 0) is 11.3 Å². The second-order valence-corrected chi connectivity index (χ2v) is 5.52. The summed E-state index contributed by atoms with van der Waals surface area (Å²) in [6, 6.07) is 2.00. The Balaban J connectivity index is 1.89. The molecule has 19 heavy (non-hydrogen) atoms. The number of methoxy groups -OCH3 is 1. The number of hydrogen-bond acceptors (Lipinski definition) is 6. The Hall–Kier alpha value is -0.950. The van der Waals surface area contributed by atoms with Crippen molar-refractivity contribution in [2.45, 2.75) is 6.54 Å². The topological polar surface area (TPSA) is 53.0 Å². The Morgan fingerprint density at radius 3 is 2.68 bits per heavy atom. The van der Waals surface area contributed by atoms with Gasteiger partial charge < -0.3 is 9.84 Å². The first-order valence-electron chi connectivity index (χ1n) is 6.45. The van der Waals surface area contributed by atoms with Crippen LogP contribution in [0.5, 0.6) is 0 Å². The van der Waals surface area contributed by atoms with Crippen molar-refractivity contribution in [2.24, 2.45) is 0 Å². The number of aliphatic hydroxyl groups excluding tert-OH is 1. The molecule has 106 valence electrons. The van der Waals surface area contributed by atoms with E-state index in [0.717, 1.165) is 44.8 Å². The van der Waals surface area contributed by atoms with Crippen molar-refractivity contribution >= 4 is 17.3 Å². The van der Waals surface area contributed by atoms with Crippen molar-refractivity contribution in [3.63, 3.8) is 0 Å². The van der Waals surface area contributed by atoms with E-state index >= 15 is 0 Å². The molecule has 1 N–H and O–H groups in total. The fourth-order valence-electron chi connectivity index (χ4n) is 2.29. The second-order valence-electron chi connectivity index (χ2n) is 4.61. The Bertz CT molecular complexity index is 414. The number of ether oxygens (including phenoxy) is 1. The molecule has 0 saturated carbocycles. The molecule has 0 unspecified atom stereocenters. The lowest BCUT2D eigenvalue weighted by Crippen LogP contribution is -2.46. The van der Waals surface area contributed by atoms with E-state index in [1.54, 1.807) is 0 Å². The van der Waals surface area contributed by atoms with Gasteiger partial charge in [-0.05, 0) is 17.0 Å². The molecule has 1 aromatic rings. The molecule has 6 heteroatoms. The summed E-state index contributed by atoms with van der Waals surface area (Å²) in [5, 5.41) is 10.8. The first-order chi connectivity index (χ1) is 9.24. The van der Waals surface area contributed by atoms with Gasteiger partial charge in [-0.3, -0.25) is 9.80 Å². The van der Waals surface area contributed by atoms with Crippen LogP contribution in [0.15, 0.2) is 11.4 Å². The third-order valence-electron chi connectivity index (χ3n) is 3.39. The van der Waals surface area contributed by atoms with Crippen molar-refractivity contribution in [3.05, 3.63) is 21.9 Å². The summed E-state index contributed by atoms with van der Waals surface area (Å²) in [6.45, 7) is 5.64. The highest BCUT2D eigenvalue weighted by Gasteiger charge is 2.20. The minimum Gasteiger partial charge on any atom is -0.465 e. The maximum atomic E-state index is 11.6. The number of aliphatic hydroxyl groups is 1. The molecule has 2 heterocycles. The molecule has 0 aromatic carbocycles. The number of esters is 1. The van der Waals surface area contributed by atoms with Crippen LogP contribution in [0.4, 0.5) is 0 Å². The zero-order chi connectivity index (χ0) is 13.7. The molecule has 0 atom stereocenters. The molecule has 1 aromatic heterocycles. The van der Waals surface area contributed by atoms with Crippen LogP contribution in [0.3, 0.4) is 0 Å². The molecule has 0 radical (unpaired) electrons. The minimum atomic E-state index is -0.246. The van der Waals surface area contributed by atoms with Gasteiger partial charge in [0, 0.05) is 39.3 Å². The summed E-state index contributed by atoms with van der Waals surface area (Å²) >= 11 is 1.43. The summed E-state index contributed by atoms with van der Waals surface area (Å²) in [4.78, 5) is 16.9. The molecular weight excluding hydrogens is 264 g/mol. The van der Waals surface area contributed by atoms with Gasteiger partial charge in [0.1, 0.15) is 4.88 Å². The summed E-state index contributed by atoms with van der Waals surface area (Å²) < 4.78 is 4.79. The quantitative estimate of drug-likeness (QED) is 0.804. The highest BCUT2D eigenvalue weighted by Crippen LogP contribution is 2.20. The van der Waals surface area contributed by atoms with Gasteiger partial charge in [0.15, 0.2) is 0 Å². The van der Waals surface area contributed by atoms with E-state index in [9.17, 15) is 4.79 Å². The van der Waals surface area contributed by atoms with E-state index < -0.39 is 0 Å². The number of hydrogen-bond donors (Lipinski definition) is 1. The SMILES string of the molecule is COC(=O)c1sccc1CN1CCN(CCO)CC1. The Kier molecular flexibility index (Phi) is 5.33. The number of β-amino-alcohol motifs (C(OH)–C–C–N with tert-alkyl or cyclic N) is 1. The summed E-state index contributed by atoms with van der Waals surface area (Å²) in [6.07, 6.45) is 0. The van der Waals surface area contributed by atoms with Crippen LogP contribution in [0, 0.1) is 0 Å². The molecule has 1 aliphatic heterocycles. The van der Waals surface area contributed by atoms with Crippen molar-refractivity contribution < 1.29 is 14.6 Å². The zero-order valence-electron chi connectivity index (χ0n) is 11.2. The largest absolute Gasteiger partial charge is 0.465 e. The van der Waals surface area contributed by atoms with Crippen molar-refractivity contribution in [2.75, 3.05) is 46.4 Å². The molecule has 2 rings (SSSR count). The average molecular weight is 284 g/mol. The molecule has 0 amide bonds. The molecular formula is C13H20N2O3S. The van der Waals surface area contributed by atoms with Crippen molar-refractivity contribution in [1.82, 2.24) is 9.80 Å². The third-order valence-corrected chi connectivity index (χ3v) is 4.33. The van der Waals surface area contributed by atoms with Gasteiger partial charge in [-0.1, -0.05) is 0 Å². The zero-order valence-corrected chi connectivity index (χ0v) is 12.0. The highest BCUT2D eigenvalue weighted by atomic mass is 32.1. The first kappa shape index (κ1) is 14.5. The summed E-state index contributed by atoms with van der Waals surface area (Å²) in [5.41, 5.74) is 1.05. The Morgan fingerprint density at radius 1 is 1.37 bits per heavy atom. The maximum Gasteiger partial charge on any atom is 0.348 e. The smallest absolute Gasteiger partial charge is 0.348 e. The van der Waals surface area contributed by atoms with Crippen LogP contribution in [0.25, 0.3) is 0 Å². The lowest BCUT2D eigenvalue weighted by molar-refractivity contribution is 0.0602. The molecule has 0 aliphatic carbocycles. The van der Waals surface area contributed by atoms with Gasteiger partial charge in [-0.15, -0.1) is 11.3 Å². The van der Waals surface area contributed by atoms with Crippen molar-refractivity contribution in [3.8, 4) is 0 Å². The Labute approximate surface area is 117 Å². The van der Waals surface area contributed by atoms with E-state index in [4.69, 9.17) is 9.84 Å². The normalized spacial score (nSPS) is 17.6. The fraction of sp³-hybridized carbons (Fsp3) is 0.615. The molecule has 1 aliphatic rings. The van der Waals surface area contributed by atoms with Crippen LogP contribution >= 0.6 is 11.3 Å². The molecule has 0 spiro atoms. The number of rotatable bonds is 5. The number of carbonyl (C=O) groups excluding carboxylic acids is 1. The number of piperazine rings is 1. The maximum absolute atomic E-state index is 11.6. The van der Waals surface area contributed by atoms with Crippen molar-refractivity contribution in [1.29, 1.82) is 0 Å². The highest BCUT2D eigenvalue weighted by molar-refractivity contribution is 7.12. The lowest BCUT2D eigenvalue weighted by Gasteiger charge is -2.34. The first-order valence-corrected chi connectivity index (χ1v) is 7.33. The van der Waals surface area contributed by atoms with Crippen LogP contribution < -0.4 is 0 Å². The predicted octanol–water partition coefficient (Wildman–Crippen LogP) is 0.645. The average Bonchev–Trinajstić information content (AvgIpc) is 2.88. The number of thiophene rings is 1. The van der Waals surface area contributed by atoms with Crippen LogP contribution in [0.2, 0.25) is 0 Å². The van der Waals surface area contributed by atoms with E-state index in [1.165, 1.54) is 18.4 Å². The molecule has 0 bridgehead atoms. The van der Waals surface area contributed by atoms with E-state index in [1.807, 2.05) is 11.4 Å². The number of carbonyl (C=O) groups is 1. The lowest BCUT2D eigenvalue weighted by atomic mass is 10.2. The van der Waals surface area contributed by atoms with Gasteiger partial charge in [-0.2, -0.15) is 0 Å². The minimum absolute atomic E-state index is 0.219.